The van der Waals surface area contributed by atoms with Crippen LogP contribution in [0, 0.1) is 6.92 Å². The summed E-state index contributed by atoms with van der Waals surface area (Å²) in [4.78, 5) is 11.9. The summed E-state index contributed by atoms with van der Waals surface area (Å²) in [7, 11) is 0. The molecule has 1 fully saturated rings. The first-order chi connectivity index (χ1) is 7.56. The summed E-state index contributed by atoms with van der Waals surface area (Å²) in [5.74, 6) is -0.201. The van der Waals surface area contributed by atoms with Gasteiger partial charge in [-0.1, -0.05) is 11.6 Å². The van der Waals surface area contributed by atoms with Crippen LogP contribution in [0.3, 0.4) is 0 Å². The minimum Gasteiger partial charge on any atom is -0.398 e. The molecule has 86 valence electrons. The van der Waals surface area contributed by atoms with Crippen molar-refractivity contribution in [1.82, 2.24) is 5.32 Å². The van der Waals surface area contributed by atoms with Gasteiger partial charge in [0.2, 0.25) is 0 Å². The zero-order valence-electron chi connectivity index (χ0n) is 9.29. The number of hydrogen-bond donors (Lipinski definition) is 3. The summed E-state index contributed by atoms with van der Waals surface area (Å²) < 4.78 is 0. The molecule has 1 saturated carbocycles. The molecule has 1 amide bonds. The normalized spacial score (nSPS) is 16.9. The molecule has 4 heteroatoms. The van der Waals surface area contributed by atoms with E-state index in [-0.39, 0.29) is 12.5 Å². The lowest BCUT2D eigenvalue weighted by molar-refractivity contribution is 0.0907. The van der Waals surface area contributed by atoms with Gasteiger partial charge in [-0.3, -0.25) is 4.79 Å². The topological polar surface area (TPSA) is 75.4 Å². The Morgan fingerprint density at radius 1 is 1.56 bits per heavy atom. The molecule has 0 radical (unpaired) electrons. The average molecular weight is 220 g/mol. The maximum Gasteiger partial charge on any atom is 0.253 e. The molecule has 0 saturated heterocycles. The average Bonchev–Trinajstić information content (AvgIpc) is 3.02. The lowest BCUT2D eigenvalue weighted by Crippen LogP contribution is -2.39. The molecule has 1 aliphatic rings. The molecule has 4 N–H and O–H groups in total. The van der Waals surface area contributed by atoms with Crippen LogP contribution in [-0.4, -0.2) is 23.2 Å². The second kappa shape index (κ2) is 3.79. The molecule has 16 heavy (non-hydrogen) atoms. The Morgan fingerprint density at radius 2 is 2.25 bits per heavy atom. The van der Waals surface area contributed by atoms with E-state index in [2.05, 4.69) is 5.32 Å². The second-order valence-corrected chi connectivity index (χ2v) is 4.48. The van der Waals surface area contributed by atoms with Gasteiger partial charge in [-0.25, -0.2) is 0 Å². The van der Waals surface area contributed by atoms with Crippen LogP contribution in [0.15, 0.2) is 18.2 Å². The number of nitrogen functional groups attached to an aromatic ring is 1. The van der Waals surface area contributed by atoms with Crippen LogP contribution in [0.4, 0.5) is 5.69 Å². The number of benzene rings is 1. The van der Waals surface area contributed by atoms with E-state index in [9.17, 15) is 4.79 Å². The van der Waals surface area contributed by atoms with Crippen molar-refractivity contribution in [2.45, 2.75) is 25.3 Å². The molecule has 1 aromatic rings. The Kier molecular flexibility index (Phi) is 2.59. The number of rotatable bonds is 3. The smallest absolute Gasteiger partial charge is 0.253 e. The van der Waals surface area contributed by atoms with Crippen LogP contribution >= 0.6 is 0 Å². The number of amides is 1. The highest BCUT2D eigenvalue weighted by Gasteiger charge is 2.43. The zero-order chi connectivity index (χ0) is 11.8. The van der Waals surface area contributed by atoms with Crippen molar-refractivity contribution in [2.24, 2.45) is 0 Å². The SMILES string of the molecule is Cc1ccc(N)c(C(=O)NC2(CO)CC2)c1. The van der Waals surface area contributed by atoms with Crippen molar-refractivity contribution in [3.05, 3.63) is 29.3 Å². The molecule has 1 aliphatic carbocycles. The number of hydrogen-bond acceptors (Lipinski definition) is 3. The van der Waals surface area contributed by atoms with Crippen molar-refractivity contribution >= 4 is 11.6 Å². The molecular weight excluding hydrogens is 204 g/mol. The van der Waals surface area contributed by atoms with Gasteiger partial charge in [0.25, 0.3) is 5.91 Å². The van der Waals surface area contributed by atoms with Crippen LogP contribution in [0.25, 0.3) is 0 Å². The van der Waals surface area contributed by atoms with Crippen LogP contribution < -0.4 is 11.1 Å². The maximum atomic E-state index is 11.9. The van der Waals surface area contributed by atoms with Gasteiger partial charge in [0.05, 0.1) is 17.7 Å². The molecular formula is C12H16N2O2. The summed E-state index contributed by atoms with van der Waals surface area (Å²) in [6.45, 7) is 1.90. The third-order valence-corrected chi connectivity index (χ3v) is 2.99. The minimum atomic E-state index is -0.396. The van der Waals surface area contributed by atoms with Gasteiger partial charge >= 0.3 is 0 Å². The summed E-state index contributed by atoms with van der Waals surface area (Å²) in [6.07, 6.45) is 1.67. The van der Waals surface area contributed by atoms with E-state index >= 15 is 0 Å². The quantitative estimate of drug-likeness (QED) is 0.660. The fourth-order valence-electron chi connectivity index (χ4n) is 1.65. The summed E-state index contributed by atoms with van der Waals surface area (Å²) in [5.41, 5.74) is 7.30. The highest BCUT2D eigenvalue weighted by atomic mass is 16.3. The van der Waals surface area contributed by atoms with Gasteiger partial charge in [-0.15, -0.1) is 0 Å². The predicted molar refractivity (Wildman–Crippen MR) is 62.1 cm³/mol. The molecule has 2 rings (SSSR count). The van der Waals surface area contributed by atoms with Crippen molar-refractivity contribution in [1.29, 1.82) is 0 Å². The number of aliphatic hydroxyl groups is 1. The molecule has 4 nitrogen and oxygen atoms in total. The van der Waals surface area contributed by atoms with E-state index in [0.29, 0.717) is 11.3 Å². The Labute approximate surface area is 94.5 Å². The number of anilines is 1. The molecule has 0 unspecified atom stereocenters. The van der Waals surface area contributed by atoms with Gasteiger partial charge in [-0.05, 0) is 31.9 Å². The summed E-state index contributed by atoms with van der Waals surface area (Å²) in [6, 6.07) is 5.35. The molecule has 0 atom stereocenters. The van der Waals surface area contributed by atoms with Gasteiger partial charge in [-0.2, -0.15) is 0 Å². The third kappa shape index (κ3) is 2.02. The second-order valence-electron chi connectivity index (χ2n) is 4.48. The monoisotopic (exact) mass is 220 g/mol. The lowest BCUT2D eigenvalue weighted by Gasteiger charge is -2.15. The van der Waals surface area contributed by atoms with E-state index < -0.39 is 5.54 Å². The first-order valence-corrected chi connectivity index (χ1v) is 5.36. The van der Waals surface area contributed by atoms with Crippen molar-refractivity contribution in [2.75, 3.05) is 12.3 Å². The van der Waals surface area contributed by atoms with Crippen LogP contribution in [0.1, 0.15) is 28.8 Å². The first-order valence-electron chi connectivity index (χ1n) is 5.36. The standard InChI is InChI=1S/C12H16N2O2/c1-8-2-3-10(13)9(6-8)11(16)14-12(7-15)4-5-12/h2-3,6,15H,4-5,7,13H2,1H3,(H,14,16). The fraction of sp³-hybridized carbons (Fsp3) is 0.417. The Hall–Kier alpha value is -1.55. The van der Waals surface area contributed by atoms with Crippen molar-refractivity contribution in [3.8, 4) is 0 Å². The summed E-state index contributed by atoms with van der Waals surface area (Å²) >= 11 is 0. The number of aryl methyl sites for hydroxylation is 1. The number of aliphatic hydroxyl groups excluding tert-OH is 1. The number of carbonyl (C=O) groups is 1. The molecule has 0 heterocycles. The van der Waals surface area contributed by atoms with Gasteiger partial charge in [0.15, 0.2) is 0 Å². The van der Waals surface area contributed by atoms with E-state index in [1.54, 1.807) is 12.1 Å². The largest absolute Gasteiger partial charge is 0.398 e. The third-order valence-electron chi connectivity index (χ3n) is 2.99. The van der Waals surface area contributed by atoms with E-state index in [4.69, 9.17) is 10.8 Å². The minimum absolute atomic E-state index is 0.00946. The number of nitrogens with one attached hydrogen (secondary N) is 1. The van der Waals surface area contributed by atoms with E-state index in [1.165, 1.54) is 0 Å². The summed E-state index contributed by atoms with van der Waals surface area (Å²) in [5, 5.41) is 12.0. The molecule has 1 aromatic carbocycles. The lowest BCUT2D eigenvalue weighted by atomic mass is 10.1. The Bertz CT molecular complexity index is 425. The fourth-order valence-corrected chi connectivity index (χ4v) is 1.65. The van der Waals surface area contributed by atoms with Crippen LogP contribution in [0.2, 0.25) is 0 Å². The molecule has 0 aromatic heterocycles. The van der Waals surface area contributed by atoms with Crippen molar-refractivity contribution < 1.29 is 9.90 Å². The van der Waals surface area contributed by atoms with Crippen LogP contribution in [0.5, 0.6) is 0 Å². The van der Waals surface area contributed by atoms with Crippen LogP contribution in [-0.2, 0) is 0 Å². The molecule has 0 spiro atoms. The maximum absolute atomic E-state index is 11.9. The predicted octanol–water partition coefficient (Wildman–Crippen LogP) is 0.832. The molecule has 0 bridgehead atoms. The van der Waals surface area contributed by atoms with Gasteiger partial charge < -0.3 is 16.2 Å². The zero-order valence-corrected chi connectivity index (χ0v) is 9.29. The highest BCUT2D eigenvalue weighted by Crippen LogP contribution is 2.35. The Balaban J connectivity index is 2.17. The van der Waals surface area contributed by atoms with E-state index in [1.807, 2.05) is 13.0 Å². The van der Waals surface area contributed by atoms with Gasteiger partial charge in [0.1, 0.15) is 0 Å². The van der Waals surface area contributed by atoms with Crippen molar-refractivity contribution in [3.63, 3.8) is 0 Å². The Morgan fingerprint density at radius 3 is 2.81 bits per heavy atom. The number of nitrogens with two attached hydrogens (primary N) is 1. The number of carbonyl (C=O) groups excluding carboxylic acids is 1. The van der Waals surface area contributed by atoms with Gasteiger partial charge in [0, 0.05) is 5.69 Å². The highest BCUT2D eigenvalue weighted by molar-refractivity contribution is 5.99. The molecule has 0 aliphatic heterocycles. The first kappa shape index (κ1) is 11.0. The van der Waals surface area contributed by atoms with E-state index in [0.717, 1.165) is 18.4 Å².